The molecule has 0 N–H and O–H groups in total. The van der Waals surface area contributed by atoms with Crippen molar-refractivity contribution < 1.29 is 4.79 Å². The number of carbonyl (C=O) groups excluding carboxylic acids is 1. The standard InChI is InChI=1S/C11H10OS/c12-7-10-6-11(10)13-8-9-4-2-1-3-5-9/h1-5,7H,6,8H2. The Hall–Kier alpha value is -1.02. The highest BCUT2D eigenvalue weighted by atomic mass is 32.2. The fourth-order valence-electron chi connectivity index (χ4n) is 1.12. The van der Waals surface area contributed by atoms with Gasteiger partial charge in [0.1, 0.15) is 6.29 Å². The Morgan fingerprint density at radius 3 is 2.69 bits per heavy atom. The number of carbonyl (C=O) groups is 1. The number of aldehydes is 1. The number of rotatable bonds is 4. The molecular formula is C11H10OS. The third-order valence-electron chi connectivity index (χ3n) is 1.98. The summed E-state index contributed by atoms with van der Waals surface area (Å²) in [6.07, 6.45) is 1.88. The molecule has 0 bridgehead atoms. The summed E-state index contributed by atoms with van der Waals surface area (Å²) in [5.74, 6) is 0.980. The molecule has 0 aliphatic heterocycles. The number of allylic oxidation sites excluding steroid dienone is 2. The summed E-state index contributed by atoms with van der Waals surface area (Å²) in [7, 11) is 0. The highest BCUT2D eigenvalue weighted by Crippen LogP contribution is 2.40. The van der Waals surface area contributed by atoms with Crippen LogP contribution in [0.5, 0.6) is 0 Å². The first-order chi connectivity index (χ1) is 6.40. The number of benzene rings is 1. The van der Waals surface area contributed by atoms with Crippen LogP contribution in [0.4, 0.5) is 0 Å². The number of hydrogen-bond donors (Lipinski definition) is 0. The van der Waals surface area contributed by atoms with E-state index in [-0.39, 0.29) is 0 Å². The van der Waals surface area contributed by atoms with E-state index in [9.17, 15) is 4.79 Å². The van der Waals surface area contributed by atoms with Crippen molar-refractivity contribution in [2.75, 3.05) is 0 Å². The van der Waals surface area contributed by atoms with E-state index < -0.39 is 0 Å². The molecule has 0 spiro atoms. The van der Waals surface area contributed by atoms with Gasteiger partial charge in [-0.15, -0.1) is 11.8 Å². The third-order valence-corrected chi connectivity index (χ3v) is 3.21. The molecule has 1 nitrogen and oxygen atoms in total. The summed E-state index contributed by atoms with van der Waals surface area (Å²) < 4.78 is 0. The Labute approximate surface area is 81.8 Å². The smallest absolute Gasteiger partial charge is 0.147 e. The Morgan fingerprint density at radius 2 is 2.08 bits per heavy atom. The largest absolute Gasteiger partial charge is 0.298 e. The minimum Gasteiger partial charge on any atom is -0.298 e. The summed E-state index contributed by atoms with van der Waals surface area (Å²) in [6.45, 7) is 0. The van der Waals surface area contributed by atoms with E-state index in [1.165, 1.54) is 10.5 Å². The molecule has 0 atom stereocenters. The Morgan fingerprint density at radius 1 is 1.31 bits per heavy atom. The van der Waals surface area contributed by atoms with Crippen LogP contribution >= 0.6 is 11.8 Å². The Bertz CT molecular complexity index is 340. The van der Waals surface area contributed by atoms with E-state index >= 15 is 0 Å². The van der Waals surface area contributed by atoms with Crippen LogP contribution in [0.2, 0.25) is 0 Å². The first-order valence-electron chi connectivity index (χ1n) is 4.24. The molecule has 13 heavy (non-hydrogen) atoms. The maximum atomic E-state index is 10.3. The van der Waals surface area contributed by atoms with Gasteiger partial charge in [0.05, 0.1) is 0 Å². The van der Waals surface area contributed by atoms with Crippen LogP contribution in [0, 0.1) is 0 Å². The monoisotopic (exact) mass is 190 g/mol. The van der Waals surface area contributed by atoms with Crippen molar-refractivity contribution in [2.45, 2.75) is 12.2 Å². The van der Waals surface area contributed by atoms with Crippen LogP contribution < -0.4 is 0 Å². The minimum atomic E-state index is 0.918. The SMILES string of the molecule is O=CC1=C(SCc2ccccc2)C1. The number of thioether (sulfide) groups is 1. The molecule has 1 aliphatic carbocycles. The van der Waals surface area contributed by atoms with E-state index in [2.05, 4.69) is 12.1 Å². The average Bonchev–Trinajstić information content (AvgIpc) is 2.95. The van der Waals surface area contributed by atoms with Crippen LogP contribution in [0.3, 0.4) is 0 Å². The summed E-state index contributed by atoms with van der Waals surface area (Å²) in [5.41, 5.74) is 2.30. The number of hydrogen-bond acceptors (Lipinski definition) is 2. The molecule has 0 amide bonds. The van der Waals surface area contributed by atoms with Crippen LogP contribution in [0.1, 0.15) is 12.0 Å². The molecule has 1 aromatic carbocycles. The first kappa shape index (κ1) is 8.57. The summed E-state index contributed by atoms with van der Waals surface area (Å²) in [4.78, 5) is 11.6. The lowest BCUT2D eigenvalue weighted by Crippen LogP contribution is -1.75. The quantitative estimate of drug-likeness (QED) is 0.679. The Balaban J connectivity index is 1.88. The lowest BCUT2D eigenvalue weighted by atomic mass is 10.2. The van der Waals surface area contributed by atoms with Gasteiger partial charge in [-0.05, 0) is 10.5 Å². The molecule has 0 fully saturated rings. The lowest BCUT2D eigenvalue weighted by molar-refractivity contribution is -0.104. The van der Waals surface area contributed by atoms with Gasteiger partial charge in [-0.2, -0.15) is 0 Å². The van der Waals surface area contributed by atoms with Gasteiger partial charge in [0.25, 0.3) is 0 Å². The van der Waals surface area contributed by atoms with Crippen molar-refractivity contribution in [3.05, 3.63) is 46.4 Å². The summed E-state index contributed by atoms with van der Waals surface area (Å²) in [6, 6.07) is 10.3. The van der Waals surface area contributed by atoms with Gasteiger partial charge in [0.2, 0.25) is 0 Å². The second-order valence-electron chi connectivity index (χ2n) is 3.02. The first-order valence-corrected chi connectivity index (χ1v) is 5.22. The predicted octanol–water partition coefficient (Wildman–Crippen LogP) is 2.78. The third kappa shape index (κ3) is 2.22. The van der Waals surface area contributed by atoms with Gasteiger partial charge in [0.15, 0.2) is 0 Å². The molecule has 0 saturated heterocycles. The summed E-state index contributed by atoms with van der Waals surface area (Å²) in [5, 5.41) is 0. The molecule has 1 aliphatic rings. The highest BCUT2D eigenvalue weighted by Gasteiger charge is 2.20. The van der Waals surface area contributed by atoms with Crippen molar-refractivity contribution in [1.82, 2.24) is 0 Å². The molecular weight excluding hydrogens is 180 g/mol. The molecule has 0 heterocycles. The van der Waals surface area contributed by atoms with Gasteiger partial charge >= 0.3 is 0 Å². The van der Waals surface area contributed by atoms with E-state index in [1.807, 2.05) is 18.2 Å². The molecule has 2 rings (SSSR count). The zero-order valence-corrected chi connectivity index (χ0v) is 8.01. The molecule has 0 unspecified atom stereocenters. The topological polar surface area (TPSA) is 17.1 Å². The Kier molecular flexibility index (Phi) is 2.50. The van der Waals surface area contributed by atoms with Crippen molar-refractivity contribution in [2.24, 2.45) is 0 Å². The zero-order valence-electron chi connectivity index (χ0n) is 7.19. The van der Waals surface area contributed by atoms with E-state index in [4.69, 9.17) is 0 Å². The van der Waals surface area contributed by atoms with Crippen LogP contribution in [0.15, 0.2) is 40.8 Å². The van der Waals surface area contributed by atoms with Crippen LogP contribution in [0.25, 0.3) is 0 Å². The van der Waals surface area contributed by atoms with Crippen LogP contribution in [-0.4, -0.2) is 6.29 Å². The van der Waals surface area contributed by atoms with Crippen molar-refractivity contribution >= 4 is 18.0 Å². The van der Waals surface area contributed by atoms with E-state index in [0.717, 1.165) is 24.0 Å². The maximum absolute atomic E-state index is 10.3. The summed E-state index contributed by atoms with van der Waals surface area (Å²) >= 11 is 1.78. The average molecular weight is 190 g/mol. The van der Waals surface area contributed by atoms with Crippen molar-refractivity contribution in [3.63, 3.8) is 0 Å². The van der Waals surface area contributed by atoms with Crippen LogP contribution in [-0.2, 0) is 10.5 Å². The van der Waals surface area contributed by atoms with Gasteiger partial charge in [-0.1, -0.05) is 30.3 Å². The zero-order chi connectivity index (χ0) is 9.10. The molecule has 0 saturated carbocycles. The maximum Gasteiger partial charge on any atom is 0.147 e. The molecule has 2 heteroatoms. The molecule has 0 radical (unpaired) electrons. The predicted molar refractivity (Wildman–Crippen MR) is 55.4 cm³/mol. The molecule has 66 valence electrons. The fraction of sp³-hybridized carbons (Fsp3) is 0.182. The minimum absolute atomic E-state index is 0.918. The fourth-order valence-corrected chi connectivity index (χ4v) is 2.15. The van der Waals surface area contributed by atoms with Crippen molar-refractivity contribution in [1.29, 1.82) is 0 Å². The molecule has 0 aromatic heterocycles. The van der Waals surface area contributed by atoms with E-state index in [0.29, 0.717) is 0 Å². The molecule has 1 aromatic rings. The second-order valence-corrected chi connectivity index (χ2v) is 4.09. The van der Waals surface area contributed by atoms with E-state index in [1.54, 1.807) is 11.8 Å². The van der Waals surface area contributed by atoms with Gasteiger partial charge in [0, 0.05) is 17.7 Å². The van der Waals surface area contributed by atoms with Gasteiger partial charge in [-0.25, -0.2) is 0 Å². The van der Waals surface area contributed by atoms with Crippen molar-refractivity contribution in [3.8, 4) is 0 Å². The van der Waals surface area contributed by atoms with Gasteiger partial charge < -0.3 is 0 Å². The highest BCUT2D eigenvalue weighted by molar-refractivity contribution is 8.02. The lowest BCUT2D eigenvalue weighted by Gasteiger charge is -1.96. The van der Waals surface area contributed by atoms with Gasteiger partial charge in [-0.3, -0.25) is 4.79 Å². The normalized spacial score (nSPS) is 14.5. The second kappa shape index (κ2) is 3.79.